The van der Waals surface area contributed by atoms with Gasteiger partial charge >= 0.3 is 5.97 Å². The minimum Gasteiger partial charge on any atom is -0.426 e. The Labute approximate surface area is 316 Å². The van der Waals surface area contributed by atoms with Gasteiger partial charge in [-0.2, -0.15) is 0 Å². The van der Waals surface area contributed by atoms with Gasteiger partial charge < -0.3 is 24.1 Å². The van der Waals surface area contributed by atoms with E-state index in [2.05, 4.69) is 22.1 Å². The molecule has 7 aromatic rings. The summed E-state index contributed by atoms with van der Waals surface area (Å²) in [6, 6.07) is 43.8. The molecule has 0 saturated heterocycles. The number of rotatable bonds is 6. The van der Waals surface area contributed by atoms with Crippen LogP contribution in [0.2, 0.25) is 10.0 Å². The monoisotopic (exact) mass is 744 g/mol. The number of pyridine rings is 2. The molecule has 266 valence electrons. The number of hydrogen-bond acceptors (Lipinski definition) is 8. The second-order valence-electron chi connectivity index (χ2n) is 12.2. The van der Waals surface area contributed by atoms with E-state index < -0.39 is 18.5 Å². The van der Waals surface area contributed by atoms with Crippen LogP contribution in [-0.2, 0) is 45.4 Å². The largest absolute Gasteiger partial charge is 0.426 e. The summed E-state index contributed by atoms with van der Waals surface area (Å²) in [5, 5.41) is 12.1. The van der Waals surface area contributed by atoms with Crippen LogP contribution in [0.25, 0.3) is 21.8 Å². The quantitative estimate of drug-likeness (QED) is 0.168. The number of halogens is 2. The molecule has 2 aliphatic heterocycles. The summed E-state index contributed by atoms with van der Waals surface area (Å²) >= 11 is 11.8. The molecule has 2 aliphatic rings. The summed E-state index contributed by atoms with van der Waals surface area (Å²) in [4.78, 5) is 21.4. The first-order valence-corrected chi connectivity index (χ1v) is 17.7. The third kappa shape index (κ3) is 8.72. The van der Waals surface area contributed by atoms with Gasteiger partial charge in [-0.05, 0) is 59.7 Å². The Morgan fingerprint density at radius 2 is 1.13 bits per heavy atom. The van der Waals surface area contributed by atoms with Crippen molar-refractivity contribution >= 4 is 51.0 Å². The fourth-order valence-corrected chi connectivity index (χ4v) is 6.23. The van der Waals surface area contributed by atoms with Crippen LogP contribution in [0.15, 0.2) is 140 Å². The molecule has 2 atom stereocenters. The highest BCUT2D eigenvalue weighted by atomic mass is 35.5. The maximum atomic E-state index is 12.1. The Kier molecular flexibility index (Phi) is 11.7. The first-order chi connectivity index (χ1) is 26.0. The average Bonchev–Trinajstić information content (AvgIpc) is 3.79. The van der Waals surface area contributed by atoms with Crippen LogP contribution in [-0.4, -0.2) is 21.0 Å². The summed E-state index contributed by atoms with van der Waals surface area (Å²) in [6.07, 6.45) is -1.18. The molecular weight excluding hydrogens is 711 g/mol. The lowest BCUT2D eigenvalue weighted by molar-refractivity contribution is -0.147. The topological polar surface area (TPSA) is 100 Å². The van der Waals surface area contributed by atoms with Gasteiger partial charge in [0.05, 0.1) is 43.0 Å². The maximum Gasteiger partial charge on any atom is 0.340 e. The Balaban J connectivity index is 0.000000134. The lowest BCUT2D eigenvalue weighted by Gasteiger charge is -2.13. The number of aromatic nitrogens is 2. The van der Waals surface area contributed by atoms with E-state index in [9.17, 15) is 4.79 Å². The molecule has 2 unspecified atom stereocenters. The maximum absolute atomic E-state index is 12.1. The first-order valence-electron chi connectivity index (χ1n) is 16.9. The Morgan fingerprint density at radius 1 is 0.642 bits per heavy atom. The van der Waals surface area contributed by atoms with Crippen molar-refractivity contribution in [3.05, 3.63) is 189 Å². The van der Waals surface area contributed by atoms with Crippen molar-refractivity contribution in [2.24, 2.45) is 0 Å². The van der Waals surface area contributed by atoms with Crippen LogP contribution in [0.3, 0.4) is 0 Å². The third-order valence-corrected chi connectivity index (χ3v) is 9.34. The zero-order valence-electron chi connectivity index (χ0n) is 28.4. The molecule has 1 N–H and O–H groups in total. The van der Waals surface area contributed by atoms with Gasteiger partial charge in [-0.25, -0.2) is 14.8 Å². The van der Waals surface area contributed by atoms with Crippen molar-refractivity contribution in [2.45, 2.75) is 39.0 Å². The summed E-state index contributed by atoms with van der Waals surface area (Å²) in [7, 11) is 0. The number of carbonyl (C=O) groups excluding carboxylic acids is 1. The minimum absolute atomic E-state index is 0.0136. The van der Waals surface area contributed by atoms with Gasteiger partial charge in [-0.15, -0.1) is 0 Å². The number of ether oxygens (including phenoxy) is 4. The predicted octanol–water partition coefficient (Wildman–Crippen LogP) is 10.1. The Bertz CT molecular complexity index is 2360. The molecule has 0 saturated carbocycles. The highest BCUT2D eigenvalue weighted by molar-refractivity contribution is 6.31. The van der Waals surface area contributed by atoms with Crippen molar-refractivity contribution in [1.29, 1.82) is 0 Å². The van der Waals surface area contributed by atoms with E-state index in [-0.39, 0.29) is 6.61 Å². The summed E-state index contributed by atoms with van der Waals surface area (Å²) in [6.45, 7) is 1.35. The molecule has 0 amide bonds. The number of para-hydroxylation sites is 2. The SMILES string of the molecule is Clc1ccccc1COC1OCc2cc3ccccc3nc21.O=C(OC1OCc2cc3ccccc3nc21)c1ccccc1.OCc1ccccc1Cl. The van der Waals surface area contributed by atoms with Gasteiger partial charge in [0.2, 0.25) is 12.6 Å². The molecule has 4 heterocycles. The number of aliphatic hydroxyl groups excluding tert-OH is 1. The number of nitrogens with zero attached hydrogens (tertiary/aromatic N) is 2. The number of aliphatic hydroxyl groups is 1. The Hall–Kier alpha value is -5.19. The molecule has 0 spiro atoms. The van der Waals surface area contributed by atoms with E-state index in [0.717, 1.165) is 49.8 Å². The van der Waals surface area contributed by atoms with Crippen molar-refractivity contribution in [2.75, 3.05) is 0 Å². The van der Waals surface area contributed by atoms with Crippen LogP contribution in [0.5, 0.6) is 0 Å². The molecule has 53 heavy (non-hydrogen) atoms. The number of hydrogen-bond donors (Lipinski definition) is 1. The van der Waals surface area contributed by atoms with E-state index in [0.29, 0.717) is 41.1 Å². The molecule has 8 nitrogen and oxygen atoms in total. The predicted molar refractivity (Wildman–Crippen MR) is 204 cm³/mol. The van der Waals surface area contributed by atoms with Crippen molar-refractivity contribution < 1.29 is 28.8 Å². The normalized spacial score (nSPS) is 15.5. The van der Waals surface area contributed by atoms with Gasteiger partial charge in [0.25, 0.3) is 0 Å². The van der Waals surface area contributed by atoms with E-state index in [1.54, 1.807) is 36.4 Å². The van der Waals surface area contributed by atoms with E-state index in [1.165, 1.54) is 0 Å². The van der Waals surface area contributed by atoms with E-state index in [1.807, 2.05) is 91.0 Å². The molecule has 0 bridgehead atoms. The number of esters is 1. The molecule has 9 rings (SSSR count). The van der Waals surface area contributed by atoms with Crippen LogP contribution in [0, 0.1) is 0 Å². The average molecular weight is 746 g/mol. The number of fused-ring (bicyclic) bond motifs is 4. The standard InChI is InChI=1S/C18H14ClNO2.C18H13NO3.C7H7ClO/c19-15-7-3-1-6-13(15)10-21-18-17-14(11-22-18)9-12-5-2-4-8-16(12)20-17;20-17(12-6-2-1-3-7-12)22-18-16-14(11-21-18)10-13-8-4-5-9-15(13)19-16;8-7-4-2-1-3-6(7)5-9/h1-9,18H,10-11H2;1-10,18H,11H2;1-4,9H,5H2. The first kappa shape index (κ1) is 36.2. The fourth-order valence-electron chi connectivity index (χ4n) is 5.84. The lowest BCUT2D eigenvalue weighted by Crippen LogP contribution is -2.11. The highest BCUT2D eigenvalue weighted by Crippen LogP contribution is 2.34. The van der Waals surface area contributed by atoms with Crippen LogP contribution < -0.4 is 0 Å². The number of benzene rings is 5. The van der Waals surface area contributed by atoms with Gasteiger partial charge in [0, 0.05) is 31.9 Å². The summed E-state index contributed by atoms with van der Waals surface area (Å²) in [5.41, 5.74) is 7.65. The molecular formula is C43H34Cl2N2O6. The van der Waals surface area contributed by atoms with Gasteiger partial charge in [-0.1, -0.05) is 114 Å². The van der Waals surface area contributed by atoms with Gasteiger partial charge in [-0.3, -0.25) is 0 Å². The molecule has 0 fully saturated rings. The second-order valence-corrected chi connectivity index (χ2v) is 13.0. The zero-order chi connectivity index (χ0) is 36.6. The number of carbonyl (C=O) groups is 1. The third-order valence-electron chi connectivity index (χ3n) is 8.60. The Morgan fingerprint density at radius 3 is 1.70 bits per heavy atom. The second kappa shape index (κ2) is 17.1. The highest BCUT2D eigenvalue weighted by Gasteiger charge is 2.29. The smallest absolute Gasteiger partial charge is 0.340 e. The molecule has 5 aromatic carbocycles. The lowest BCUT2D eigenvalue weighted by atomic mass is 10.1. The van der Waals surface area contributed by atoms with Gasteiger partial charge in [0.1, 0.15) is 11.4 Å². The molecule has 0 radical (unpaired) electrons. The molecule has 0 aliphatic carbocycles. The van der Waals surface area contributed by atoms with Crippen molar-refractivity contribution in [1.82, 2.24) is 9.97 Å². The van der Waals surface area contributed by atoms with Crippen LogP contribution in [0.4, 0.5) is 0 Å². The summed E-state index contributed by atoms with van der Waals surface area (Å²) in [5.74, 6) is -0.409. The van der Waals surface area contributed by atoms with E-state index >= 15 is 0 Å². The van der Waals surface area contributed by atoms with Crippen LogP contribution >= 0.6 is 23.2 Å². The summed E-state index contributed by atoms with van der Waals surface area (Å²) < 4.78 is 22.6. The van der Waals surface area contributed by atoms with E-state index in [4.69, 9.17) is 47.3 Å². The molecule has 10 heteroatoms. The molecule has 2 aromatic heterocycles. The van der Waals surface area contributed by atoms with Crippen LogP contribution in [0.1, 0.15) is 56.6 Å². The van der Waals surface area contributed by atoms with Crippen molar-refractivity contribution in [3.63, 3.8) is 0 Å². The van der Waals surface area contributed by atoms with Crippen molar-refractivity contribution in [3.8, 4) is 0 Å². The zero-order valence-corrected chi connectivity index (χ0v) is 29.9. The fraction of sp³-hybridized carbons (Fsp3) is 0.140. The minimum atomic E-state index is -0.743. The van der Waals surface area contributed by atoms with Gasteiger partial charge in [0.15, 0.2) is 0 Å².